The maximum Gasteiger partial charge on any atom is 0.137 e. The topological polar surface area (TPSA) is 20.3 Å². The van der Waals surface area contributed by atoms with Crippen LogP contribution in [0.4, 0.5) is 0 Å². The Labute approximate surface area is 136 Å². The van der Waals surface area contributed by atoms with Crippen molar-refractivity contribution in [1.29, 1.82) is 0 Å². The van der Waals surface area contributed by atoms with Crippen LogP contribution in [0.5, 0.6) is 0 Å². The molecule has 1 aromatic carbocycles. The number of rotatable bonds is 3. The predicted molar refractivity (Wildman–Crippen MR) is 85.1 cm³/mol. The highest BCUT2D eigenvalue weighted by Crippen LogP contribution is 2.25. The van der Waals surface area contributed by atoms with Crippen LogP contribution in [0.15, 0.2) is 18.2 Å². The summed E-state index contributed by atoms with van der Waals surface area (Å²) in [6, 6.07) is 5.70. The molecule has 0 spiro atoms. The van der Waals surface area contributed by atoms with E-state index in [9.17, 15) is 4.79 Å². The van der Waals surface area contributed by atoms with Gasteiger partial charge in [0.15, 0.2) is 0 Å². The van der Waals surface area contributed by atoms with Crippen molar-refractivity contribution >= 4 is 54.3 Å². The molecule has 1 heterocycles. The molecule has 0 radical (unpaired) electrons. The SMILES string of the molecule is Cl.Cl.O=C[C@@H]1CCCCN1Cc1ccc(Cl)c(Cl)c1. The van der Waals surface area contributed by atoms with Crippen LogP contribution in [-0.2, 0) is 11.3 Å². The summed E-state index contributed by atoms with van der Waals surface area (Å²) in [6.07, 6.45) is 4.31. The van der Waals surface area contributed by atoms with Crippen molar-refractivity contribution in [2.24, 2.45) is 0 Å². The van der Waals surface area contributed by atoms with Crippen molar-refractivity contribution < 1.29 is 4.79 Å². The first kappa shape index (κ1) is 19.0. The van der Waals surface area contributed by atoms with E-state index in [0.717, 1.165) is 44.2 Å². The number of benzene rings is 1. The lowest BCUT2D eigenvalue weighted by Crippen LogP contribution is -2.39. The predicted octanol–water partition coefficient (Wildman–Crippen LogP) is 4.39. The van der Waals surface area contributed by atoms with Crippen LogP contribution in [-0.4, -0.2) is 23.8 Å². The summed E-state index contributed by atoms with van der Waals surface area (Å²) in [5.41, 5.74) is 1.10. The minimum Gasteiger partial charge on any atom is -0.302 e. The van der Waals surface area contributed by atoms with E-state index in [4.69, 9.17) is 23.2 Å². The summed E-state index contributed by atoms with van der Waals surface area (Å²) < 4.78 is 0. The lowest BCUT2D eigenvalue weighted by atomic mass is 10.0. The second kappa shape index (κ2) is 9.04. The highest BCUT2D eigenvalue weighted by molar-refractivity contribution is 6.42. The van der Waals surface area contributed by atoms with Crippen molar-refractivity contribution in [3.05, 3.63) is 33.8 Å². The molecule has 1 fully saturated rings. The first-order valence-corrected chi connectivity index (χ1v) is 6.59. The Morgan fingerprint density at radius 1 is 1.21 bits per heavy atom. The van der Waals surface area contributed by atoms with Crippen molar-refractivity contribution in [2.75, 3.05) is 6.54 Å². The van der Waals surface area contributed by atoms with E-state index in [0.29, 0.717) is 10.0 Å². The molecule has 1 aliphatic rings. The maximum absolute atomic E-state index is 11.0. The van der Waals surface area contributed by atoms with Crippen LogP contribution in [0.3, 0.4) is 0 Å². The number of halogens is 4. The van der Waals surface area contributed by atoms with Gasteiger partial charge in [0.25, 0.3) is 0 Å². The largest absolute Gasteiger partial charge is 0.302 e. The summed E-state index contributed by atoms with van der Waals surface area (Å²) in [4.78, 5) is 13.2. The van der Waals surface area contributed by atoms with Crippen LogP contribution in [0.1, 0.15) is 24.8 Å². The van der Waals surface area contributed by atoms with Crippen LogP contribution >= 0.6 is 48.0 Å². The van der Waals surface area contributed by atoms with Crippen molar-refractivity contribution in [3.8, 4) is 0 Å². The average molecular weight is 345 g/mol. The van der Waals surface area contributed by atoms with Gasteiger partial charge in [0.05, 0.1) is 16.1 Å². The highest BCUT2D eigenvalue weighted by Gasteiger charge is 2.21. The fourth-order valence-electron chi connectivity index (χ4n) is 2.24. The summed E-state index contributed by atoms with van der Waals surface area (Å²) in [5, 5.41) is 1.14. The number of piperidine rings is 1. The Morgan fingerprint density at radius 2 is 1.95 bits per heavy atom. The van der Waals surface area contributed by atoms with Gasteiger partial charge in [-0.1, -0.05) is 35.7 Å². The molecule has 1 saturated heterocycles. The molecule has 0 N–H and O–H groups in total. The molecule has 6 heteroatoms. The number of hydrogen-bond acceptors (Lipinski definition) is 2. The van der Waals surface area contributed by atoms with E-state index in [1.54, 1.807) is 6.07 Å². The molecular weight excluding hydrogens is 328 g/mol. The van der Waals surface area contributed by atoms with E-state index < -0.39 is 0 Å². The van der Waals surface area contributed by atoms with Crippen LogP contribution in [0.25, 0.3) is 0 Å². The van der Waals surface area contributed by atoms with E-state index >= 15 is 0 Å². The first-order valence-electron chi connectivity index (χ1n) is 5.84. The standard InChI is InChI=1S/C13H15Cl2NO.2ClH/c14-12-5-4-10(7-13(12)15)8-16-6-2-1-3-11(16)9-17;;/h4-5,7,9,11H,1-3,6,8H2;2*1H/t11-;;/m0../s1. The molecule has 1 aliphatic heterocycles. The molecule has 0 aromatic heterocycles. The summed E-state index contributed by atoms with van der Waals surface area (Å²) in [5.74, 6) is 0. The molecule has 2 rings (SSSR count). The Balaban J connectivity index is 0.00000162. The molecule has 0 bridgehead atoms. The molecule has 1 aromatic rings. The van der Waals surface area contributed by atoms with Gasteiger partial charge in [0, 0.05) is 6.54 Å². The minimum absolute atomic E-state index is 0. The zero-order chi connectivity index (χ0) is 12.3. The normalized spacial score (nSPS) is 19.2. The number of carbonyl (C=O) groups is 1. The lowest BCUT2D eigenvalue weighted by Gasteiger charge is -2.32. The second-order valence-corrected chi connectivity index (χ2v) is 5.23. The van der Waals surface area contributed by atoms with Gasteiger partial charge < -0.3 is 4.79 Å². The van der Waals surface area contributed by atoms with Gasteiger partial charge in [-0.15, -0.1) is 24.8 Å². The molecule has 2 nitrogen and oxygen atoms in total. The summed E-state index contributed by atoms with van der Waals surface area (Å²) in [7, 11) is 0. The van der Waals surface area contributed by atoms with E-state index in [1.165, 1.54) is 0 Å². The minimum atomic E-state index is 0. The quantitative estimate of drug-likeness (QED) is 0.758. The Morgan fingerprint density at radius 3 is 2.58 bits per heavy atom. The van der Waals surface area contributed by atoms with Crippen LogP contribution in [0, 0.1) is 0 Å². The third kappa shape index (κ3) is 5.13. The zero-order valence-corrected chi connectivity index (χ0v) is 13.5. The van der Waals surface area contributed by atoms with Crippen LogP contribution < -0.4 is 0 Å². The number of aldehydes is 1. The van der Waals surface area contributed by atoms with Crippen LogP contribution in [0.2, 0.25) is 10.0 Å². The van der Waals surface area contributed by atoms with E-state index in [-0.39, 0.29) is 30.9 Å². The molecule has 0 saturated carbocycles. The third-order valence-electron chi connectivity index (χ3n) is 3.19. The Hall–Kier alpha value is 0.01000. The van der Waals surface area contributed by atoms with Crippen molar-refractivity contribution in [2.45, 2.75) is 31.8 Å². The molecule has 0 aliphatic carbocycles. The average Bonchev–Trinajstić information content (AvgIpc) is 2.34. The fraction of sp³-hybridized carbons (Fsp3) is 0.462. The van der Waals surface area contributed by atoms with E-state index in [1.807, 2.05) is 12.1 Å². The third-order valence-corrected chi connectivity index (χ3v) is 3.93. The van der Waals surface area contributed by atoms with Gasteiger partial charge in [-0.2, -0.15) is 0 Å². The van der Waals surface area contributed by atoms with E-state index in [2.05, 4.69) is 4.90 Å². The lowest BCUT2D eigenvalue weighted by molar-refractivity contribution is -0.113. The Kier molecular flexibility index (Phi) is 9.04. The first-order chi connectivity index (χ1) is 8.20. The number of carbonyl (C=O) groups excluding carboxylic acids is 1. The second-order valence-electron chi connectivity index (χ2n) is 4.42. The van der Waals surface area contributed by atoms with Gasteiger partial charge in [-0.05, 0) is 37.1 Å². The molecule has 108 valence electrons. The molecule has 0 unspecified atom stereocenters. The Bertz CT molecular complexity index is 414. The van der Waals surface area contributed by atoms with Gasteiger partial charge in [-0.25, -0.2) is 0 Å². The molecular formula is C13H17Cl4NO. The fourth-order valence-corrected chi connectivity index (χ4v) is 2.56. The molecule has 1 atom stereocenters. The number of nitrogens with zero attached hydrogens (tertiary/aromatic N) is 1. The van der Waals surface area contributed by atoms with Gasteiger partial charge in [-0.3, -0.25) is 4.90 Å². The number of likely N-dealkylation sites (tertiary alicyclic amines) is 1. The van der Waals surface area contributed by atoms with Gasteiger partial charge >= 0.3 is 0 Å². The van der Waals surface area contributed by atoms with Crippen molar-refractivity contribution in [3.63, 3.8) is 0 Å². The molecule has 0 amide bonds. The monoisotopic (exact) mass is 343 g/mol. The number of hydrogen-bond donors (Lipinski definition) is 0. The molecule has 19 heavy (non-hydrogen) atoms. The van der Waals surface area contributed by atoms with Gasteiger partial charge in [0.2, 0.25) is 0 Å². The summed E-state index contributed by atoms with van der Waals surface area (Å²) in [6.45, 7) is 1.74. The van der Waals surface area contributed by atoms with Gasteiger partial charge in [0.1, 0.15) is 6.29 Å². The van der Waals surface area contributed by atoms with Crippen molar-refractivity contribution in [1.82, 2.24) is 4.90 Å². The zero-order valence-electron chi connectivity index (χ0n) is 10.4. The highest BCUT2D eigenvalue weighted by atomic mass is 35.5. The summed E-state index contributed by atoms with van der Waals surface area (Å²) >= 11 is 11.9. The smallest absolute Gasteiger partial charge is 0.137 e. The maximum atomic E-state index is 11.0.